The van der Waals surface area contributed by atoms with Gasteiger partial charge in [-0.05, 0) is 37.1 Å². The zero-order valence-electron chi connectivity index (χ0n) is 16.2. The van der Waals surface area contributed by atoms with E-state index in [9.17, 15) is 4.79 Å². The van der Waals surface area contributed by atoms with Gasteiger partial charge in [0.1, 0.15) is 5.82 Å². The Kier molecular flexibility index (Phi) is 5.24. The first kappa shape index (κ1) is 18.6. The number of fused-ring (bicyclic) bond motifs is 1. The van der Waals surface area contributed by atoms with E-state index in [1.54, 1.807) is 0 Å². The van der Waals surface area contributed by atoms with Crippen molar-refractivity contribution in [2.75, 3.05) is 17.7 Å². The van der Waals surface area contributed by atoms with Gasteiger partial charge < -0.3 is 14.6 Å². The molecule has 6 nitrogen and oxygen atoms in total. The number of benzene rings is 2. The molecule has 7 heteroatoms. The quantitative estimate of drug-likeness (QED) is 0.593. The third kappa shape index (κ3) is 4.16. The van der Waals surface area contributed by atoms with Gasteiger partial charge in [0.25, 0.3) is 0 Å². The maximum absolute atomic E-state index is 12.6. The van der Waals surface area contributed by atoms with E-state index in [1.165, 1.54) is 24.6 Å². The SMILES string of the molecule is O=C(CSc1nnc(C2CC2)n1CC1CCCO1)Nc1cccc2ccccc12. The molecule has 1 atom stereocenters. The van der Waals surface area contributed by atoms with Gasteiger partial charge in [-0.15, -0.1) is 10.2 Å². The molecule has 2 fully saturated rings. The molecule has 1 N–H and O–H groups in total. The summed E-state index contributed by atoms with van der Waals surface area (Å²) < 4.78 is 8.00. The molecule has 5 rings (SSSR count). The summed E-state index contributed by atoms with van der Waals surface area (Å²) in [7, 11) is 0. The van der Waals surface area contributed by atoms with Crippen LogP contribution in [0, 0.1) is 0 Å². The van der Waals surface area contributed by atoms with Gasteiger partial charge in [0.05, 0.1) is 18.4 Å². The van der Waals surface area contributed by atoms with Gasteiger partial charge >= 0.3 is 0 Å². The zero-order chi connectivity index (χ0) is 19.6. The number of nitrogens with zero attached hydrogens (tertiary/aromatic N) is 3. The minimum absolute atomic E-state index is 0.0361. The fraction of sp³-hybridized carbons (Fsp3) is 0.409. The molecule has 1 amide bonds. The molecule has 1 unspecified atom stereocenters. The summed E-state index contributed by atoms with van der Waals surface area (Å²) in [5.41, 5.74) is 0.841. The Morgan fingerprint density at radius 2 is 2.00 bits per heavy atom. The van der Waals surface area contributed by atoms with E-state index < -0.39 is 0 Å². The van der Waals surface area contributed by atoms with Crippen LogP contribution in [0.2, 0.25) is 0 Å². The number of hydrogen-bond acceptors (Lipinski definition) is 5. The Balaban J connectivity index is 1.27. The van der Waals surface area contributed by atoms with Crippen LogP contribution in [0.3, 0.4) is 0 Å². The molecule has 3 aromatic rings. The number of hydrogen-bond donors (Lipinski definition) is 1. The third-order valence-corrected chi connectivity index (χ3v) is 6.46. The maximum Gasteiger partial charge on any atom is 0.234 e. The maximum atomic E-state index is 12.6. The highest BCUT2D eigenvalue weighted by Gasteiger charge is 2.32. The van der Waals surface area contributed by atoms with Crippen LogP contribution in [0.25, 0.3) is 10.8 Å². The lowest BCUT2D eigenvalue weighted by Gasteiger charge is -2.14. The van der Waals surface area contributed by atoms with Crippen LogP contribution in [0.5, 0.6) is 0 Å². The number of amides is 1. The summed E-state index contributed by atoms with van der Waals surface area (Å²) >= 11 is 1.45. The van der Waals surface area contributed by atoms with E-state index in [1.807, 2.05) is 42.5 Å². The number of carbonyl (C=O) groups excluding carboxylic acids is 1. The molecule has 1 aliphatic heterocycles. The van der Waals surface area contributed by atoms with Crippen molar-refractivity contribution in [3.8, 4) is 0 Å². The summed E-state index contributed by atoms with van der Waals surface area (Å²) in [6.07, 6.45) is 4.77. The molecule has 1 aromatic heterocycles. The van der Waals surface area contributed by atoms with Gasteiger partial charge in [0, 0.05) is 23.6 Å². The number of aromatic nitrogens is 3. The van der Waals surface area contributed by atoms with Crippen molar-refractivity contribution in [2.24, 2.45) is 0 Å². The first-order chi connectivity index (χ1) is 14.3. The molecule has 1 aliphatic carbocycles. The monoisotopic (exact) mass is 408 g/mol. The lowest BCUT2D eigenvalue weighted by atomic mass is 10.1. The highest BCUT2D eigenvalue weighted by Crippen LogP contribution is 2.40. The van der Waals surface area contributed by atoms with Gasteiger partial charge in [-0.2, -0.15) is 0 Å². The molecule has 0 spiro atoms. The predicted octanol–water partition coefficient (Wildman–Crippen LogP) is 4.22. The van der Waals surface area contributed by atoms with Crippen molar-refractivity contribution >= 4 is 34.1 Å². The molecule has 1 saturated carbocycles. The smallest absolute Gasteiger partial charge is 0.234 e. The topological polar surface area (TPSA) is 69.0 Å². The van der Waals surface area contributed by atoms with E-state index in [4.69, 9.17) is 4.74 Å². The number of ether oxygens (including phenoxy) is 1. The second-order valence-corrected chi connectivity index (χ2v) is 8.67. The molecule has 2 aliphatic rings. The second-order valence-electron chi connectivity index (χ2n) is 7.72. The molecular weight excluding hydrogens is 384 g/mol. The van der Waals surface area contributed by atoms with Crippen LogP contribution in [-0.2, 0) is 16.1 Å². The Morgan fingerprint density at radius 1 is 1.14 bits per heavy atom. The Morgan fingerprint density at radius 3 is 2.83 bits per heavy atom. The van der Waals surface area contributed by atoms with Crippen molar-refractivity contribution < 1.29 is 9.53 Å². The Bertz CT molecular complexity index is 1020. The van der Waals surface area contributed by atoms with Gasteiger partial charge in [0.2, 0.25) is 5.91 Å². The largest absolute Gasteiger partial charge is 0.376 e. The number of rotatable bonds is 7. The van der Waals surface area contributed by atoms with E-state index in [-0.39, 0.29) is 12.0 Å². The fourth-order valence-corrected chi connectivity index (χ4v) is 4.62. The molecule has 0 radical (unpaired) electrons. The van der Waals surface area contributed by atoms with Gasteiger partial charge in [0.15, 0.2) is 5.16 Å². The molecule has 150 valence electrons. The molecule has 29 heavy (non-hydrogen) atoms. The number of carbonyl (C=O) groups is 1. The lowest BCUT2D eigenvalue weighted by Crippen LogP contribution is -2.19. The van der Waals surface area contributed by atoms with E-state index in [0.717, 1.165) is 53.4 Å². The average Bonchev–Trinajstić information content (AvgIpc) is 3.30. The van der Waals surface area contributed by atoms with Gasteiger partial charge in [-0.3, -0.25) is 4.79 Å². The van der Waals surface area contributed by atoms with Crippen molar-refractivity contribution in [1.29, 1.82) is 0 Å². The van der Waals surface area contributed by atoms with Crippen LogP contribution in [-0.4, -0.2) is 39.1 Å². The highest BCUT2D eigenvalue weighted by molar-refractivity contribution is 7.99. The number of thioether (sulfide) groups is 1. The van der Waals surface area contributed by atoms with Crippen molar-refractivity contribution in [1.82, 2.24) is 14.8 Å². The fourth-order valence-electron chi connectivity index (χ4n) is 3.86. The summed E-state index contributed by atoms with van der Waals surface area (Å²) in [5, 5.41) is 14.8. The summed E-state index contributed by atoms with van der Waals surface area (Å²) in [5.74, 6) is 1.84. The van der Waals surface area contributed by atoms with Crippen LogP contribution < -0.4 is 5.32 Å². The van der Waals surface area contributed by atoms with Crippen LogP contribution >= 0.6 is 11.8 Å². The molecule has 1 saturated heterocycles. The van der Waals surface area contributed by atoms with Crippen molar-refractivity contribution in [2.45, 2.75) is 49.4 Å². The van der Waals surface area contributed by atoms with Crippen LogP contribution in [0.15, 0.2) is 47.6 Å². The van der Waals surface area contributed by atoms with Crippen LogP contribution in [0.4, 0.5) is 5.69 Å². The minimum Gasteiger partial charge on any atom is -0.376 e. The zero-order valence-corrected chi connectivity index (χ0v) is 17.0. The molecule has 0 bridgehead atoms. The van der Waals surface area contributed by atoms with E-state index >= 15 is 0 Å². The van der Waals surface area contributed by atoms with Gasteiger partial charge in [-0.1, -0.05) is 48.2 Å². The summed E-state index contributed by atoms with van der Waals surface area (Å²) in [6.45, 7) is 1.62. The normalized spacial score (nSPS) is 19.0. The first-order valence-corrected chi connectivity index (χ1v) is 11.2. The van der Waals surface area contributed by atoms with E-state index in [2.05, 4.69) is 20.1 Å². The third-order valence-electron chi connectivity index (χ3n) is 5.49. The average molecular weight is 409 g/mol. The standard InChI is InChI=1S/C22H24N4O2S/c27-20(23-19-9-3-6-15-5-1-2-8-18(15)19)14-29-22-25-24-21(16-10-11-16)26(22)13-17-7-4-12-28-17/h1-3,5-6,8-9,16-17H,4,7,10-14H2,(H,23,27). The predicted molar refractivity (Wildman–Crippen MR) is 114 cm³/mol. The minimum atomic E-state index is -0.0361. The summed E-state index contributed by atoms with van der Waals surface area (Å²) in [6, 6.07) is 14.0. The van der Waals surface area contributed by atoms with Gasteiger partial charge in [-0.25, -0.2) is 0 Å². The van der Waals surface area contributed by atoms with Crippen molar-refractivity contribution in [3.05, 3.63) is 48.3 Å². The first-order valence-electron chi connectivity index (χ1n) is 10.2. The Labute approximate surface area is 174 Å². The molecule has 2 heterocycles. The lowest BCUT2D eigenvalue weighted by molar-refractivity contribution is -0.113. The number of nitrogens with one attached hydrogen (secondary N) is 1. The van der Waals surface area contributed by atoms with Crippen LogP contribution in [0.1, 0.15) is 37.4 Å². The second kappa shape index (κ2) is 8.16. The van der Waals surface area contributed by atoms with Crippen molar-refractivity contribution in [3.63, 3.8) is 0 Å². The number of anilines is 1. The van der Waals surface area contributed by atoms with E-state index in [0.29, 0.717) is 11.7 Å². The molecule has 2 aromatic carbocycles. The summed E-state index contributed by atoms with van der Waals surface area (Å²) in [4.78, 5) is 12.6. The molecular formula is C22H24N4O2S. The Hall–Kier alpha value is -2.38. The highest BCUT2D eigenvalue weighted by atomic mass is 32.2.